The largest absolute Gasteiger partial charge is 0.424 e. The fourth-order valence-corrected chi connectivity index (χ4v) is 1.39. The van der Waals surface area contributed by atoms with Crippen molar-refractivity contribution in [3.63, 3.8) is 0 Å². The zero-order chi connectivity index (χ0) is 9.68. The molecule has 1 rings (SSSR count). The van der Waals surface area contributed by atoms with Crippen LogP contribution in [0.3, 0.4) is 0 Å². The van der Waals surface area contributed by atoms with E-state index in [1.54, 1.807) is 6.08 Å². The van der Waals surface area contributed by atoms with Gasteiger partial charge < -0.3 is 4.74 Å². The normalized spacial score (nSPS) is 15.9. The second kappa shape index (κ2) is 4.85. The number of hydrogen-bond donors (Lipinski definition) is 0. The molecule has 13 heavy (non-hydrogen) atoms. The molecule has 72 valence electrons. The van der Waals surface area contributed by atoms with Crippen LogP contribution < -0.4 is 0 Å². The summed E-state index contributed by atoms with van der Waals surface area (Å²) in [4.78, 5) is 10.8. The number of esters is 1. The van der Waals surface area contributed by atoms with Crippen molar-refractivity contribution in [2.24, 2.45) is 0 Å². The van der Waals surface area contributed by atoms with Gasteiger partial charge in [-0.25, -0.2) is 4.79 Å². The standard InChI is InChI=1S/C11H16O2/c1-3-4-5-6-7-10-8-11(12)13-9(10)2/h8H,2-7H2,1H3. The lowest BCUT2D eigenvalue weighted by molar-refractivity contribution is -0.132. The quantitative estimate of drug-likeness (QED) is 0.480. The van der Waals surface area contributed by atoms with Crippen molar-refractivity contribution >= 4 is 5.97 Å². The highest BCUT2D eigenvalue weighted by atomic mass is 16.5. The Balaban J connectivity index is 2.25. The van der Waals surface area contributed by atoms with Crippen LogP contribution in [0.5, 0.6) is 0 Å². The minimum atomic E-state index is -0.268. The highest BCUT2D eigenvalue weighted by Gasteiger charge is 2.16. The lowest BCUT2D eigenvalue weighted by Crippen LogP contribution is -1.89. The third kappa shape index (κ3) is 3.05. The molecule has 0 amide bonds. The molecule has 1 aliphatic rings. The molecular weight excluding hydrogens is 164 g/mol. The van der Waals surface area contributed by atoms with E-state index in [9.17, 15) is 4.79 Å². The number of hydrogen-bond acceptors (Lipinski definition) is 2. The van der Waals surface area contributed by atoms with Gasteiger partial charge in [-0.2, -0.15) is 0 Å². The van der Waals surface area contributed by atoms with Crippen molar-refractivity contribution in [3.8, 4) is 0 Å². The molecule has 0 radical (unpaired) electrons. The van der Waals surface area contributed by atoms with E-state index < -0.39 is 0 Å². The zero-order valence-electron chi connectivity index (χ0n) is 8.14. The predicted octanol–water partition coefficient (Wildman–Crippen LogP) is 2.95. The van der Waals surface area contributed by atoms with Gasteiger partial charge in [-0.3, -0.25) is 0 Å². The van der Waals surface area contributed by atoms with Crippen LogP contribution in [-0.4, -0.2) is 5.97 Å². The number of unbranched alkanes of at least 4 members (excludes halogenated alkanes) is 3. The number of allylic oxidation sites excluding steroid dienone is 1. The van der Waals surface area contributed by atoms with Crippen molar-refractivity contribution in [2.45, 2.75) is 39.0 Å². The number of rotatable bonds is 5. The minimum Gasteiger partial charge on any atom is -0.424 e. The summed E-state index contributed by atoms with van der Waals surface area (Å²) in [7, 11) is 0. The summed E-state index contributed by atoms with van der Waals surface area (Å²) in [6, 6.07) is 0. The summed E-state index contributed by atoms with van der Waals surface area (Å²) in [6.07, 6.45) is 7.30. The lowest BCUT2D eigenvalue weighted by atomic mass is 10.1. The van der Waals surface area contributed by atoms with Gasteiger partial charge in [0.1, 0.15) is 5.76 Å². The molecule has 0 aromatic rings. The first kappa shape index (κ1) is 10.0. The Bertz CT molecular complexity index is 238. The average molecular weight is 180 g/mol. The lowest BCUT2D eigenvalue weighted by Gasteiger charge is -2.01. The van der Waals surface area contributed by atoms with Gasteiger partial charge in [0.25, 0.3) is 0 Å². The molecule has 2 nitrogen and oxygen atoms in total. The van der Waals surface area contributed by atoms with E-state index in [1.165, 1.54) is 19.3 Å². The van der Waals surface area contributed by atoms with Gasteiger partial charge in [-0.15, -0.1) is 0 Å². The summed E-state index contributed by atoms with van der Waals surface area (Å²) in [5.74, 6) is 0.275. The molecular formula is C11H16O2. The topological polar surface area (TPSA) is 26.3 Å². The summed E-state index contributed by atoms with van der Waals surface area (Å²) >= 11 is 0. The van der Waals surface area contributed by atoms with E-state index >= 15 is 0 Å². The Labute approximate surface area is 79.3 Å². The van der Waals surface area contributed by atoms with Crippen LogP contribution in [-0.2, 0) is 9.53 Å². The first-order valence-electron chi connectivity index (χ1n) is 4.85. The van der Waals surface area contributed by atoms with Gasteiger partial charge in [0.05, 0.1) is 0 Å². The Kier molecular flexibility index (Phi) is 3.74. The van der Waals surface area contributed by atoms with Crippen molar-refractivity contribution in [1.82, 2.24) is 0 Å². The molecule has 0 saturated carbocycles. The molecule has 1 aliphatic heterocycles. The summed E-state index contributed by atoms with van der Waals surface area (Å²) in [5, 5.41) is 0. The zero-order valence-corrected chi connectivity index (χ0v) is 8.14. The predicted molar refractivity (Wildman–Crippen MR) is 52.1 cm³/mol. The SMILES string of the molecule is C=C1OC(=O)C=C1CCCCCC. The number of carbonyl (C=O) groups excluding carboxylic acids is 1. The fourth-order valence-electron chi connectivity index (χ4n) is 1.39. The molecule has 0 saturated heterocycles. The molecule has 2 heteroatoms. The summed E-state index contributed by atoms with van der Waals surface area (Å²) < 4.78 is 4.80. The second-order valence-electron chi connectivity index (χ2n) is 3.32. The molecule has 0 fully saturated rings. The molecule has 0 spiro atoms. The molecule has 0 atom stereocenters. The van der Waals surface area contributed by atoms with E-state index in [0.29, 0.717) is 5.76 Å². The number of carbonyl (C=O) groups is 1. The third-order valence-electron chi connectivity index (χ3n) is 2.17. The van der Waals surface area contributed by atoms with Crippen molar-refractivity contribution in [3.05, 3.63) is 24.0 Å². The summed E-state index contributed by atoms with van der Waals surface area (Å²) in [5.41, 5.74) is 0.973. The van der Waals surface area contributed by atoms with Crippen LogP contribution in [0, 0.1) is 0 Å². The Morgan fingerprint density at radius 3 is 2.69 bits per heavy atom. The smallest absolute Gasteiger partial charge is 0.336 e. The van der Waals surface area contributed by atoms with E-state index in [0.717, 1.165) is 18.4 Å². The molecule has 0 aromatic heterocycles. The second-order valence-corrected chi connectivity index (χ2v) is 3.32. The van der Waals surface area contributed by atoms with Gasteiger partial charge in [0.15, 0.2) is 0 Å². The Hall–Kier alpha value is -1.05. The van der Waals surface area contributed by atoms with Crippen LogP contribution in [0.4, 0.5) is 0 Å². The van der Waals surface area contributed by atoms with Gasteiger partial charge in [-0.05, 0) is 12.8 Å². The monoisotopic (exact) mass is 180 g/mol. The third-order valence-corrected chi connectivity index (χ3v) is 2.17. The molecule has 0 aromatic carbocycles. The first-order chi connectivity index (χ1) is 6.24. The van der Waals surface area contributed by atoms with E-state index in [2.05, 4.69) is 13.5 Å². The van der Waals surface area contributed by atoms with Crippen molar-refractivity contribution in [2.75, 3.05) is 0 Å². The van der Waals surface area contributed by atoms with Gasteiger partial charge in [-0.1, -0.05) is 32.8 Å². The van der Waals surface area contributed by atoms with Crippen LogP contribution in [0.25, 0.3) is 0 Å². The van der Waals surface area contributed by atoms with Crippen molar-refractivity contribution < 1.29 is 9.53 Å². The van der Waals surface area contributed by atoms with E-state index in [-0.39, 0.29) is 5.97 Å². The number of cyclic esters (lactones) is 1. The molecule has 0 aliphatic carbocycles. The molecule has 1 heterocycles. The van der Waals surface area contributed by atoms with Gasteiger partial charge in [0, 0.05) is 11.6 Å². The van der Waals surface area contributed by atoms with E-state index in [4.69, 9.17) is 4.74 Å². The molecule has 0 bridgehead atoms. The summed E-state index contributed by atoms with van der Waals surface area (Å²) in [6.45, 7) is 5.85. The maximum absolute atomic E-state index is 10.8. The first-order valence-corrected chi connectivity index (χ1v) is 4.85. The maximum atomic E-state index is 10.8. The minimum absolute atomic E-state index is 0.268. The number of ether oxygens (including phenoxy) is 1. The average Bonchev–Trinajstić information content (AvgIpc) is 2.39. The van der Waals surface area contributed by atoms with Crippen LogP contribution in [0.1, 0.15) is 39.0 Å². The maximum Gasteiger partial charge on any atom is 0.336 e. The Morgan fingerprint density at radius 1 is 1.38 bits per heavy atom. The highest BCUT2D eigenvalue weighted by molar-refractivity contribution is 5.88. The Morgan fingerprint density at radius 2 is 2.15 bits per heavy atom. The molecule has 0 unspecified atom stereocenters. The van der Waals surface area contributed by atoms with Gasteiger partial charge >= 0.3 is 5.97 Å². The van der Waals surface area contributed by atoms with Crippen molar-refractivity contribution in [1.29, 1.82) is 0 Å². The highest BCUT2D eigenvalue weighted by Crippen LogP contribution is 2.23. The van der Waals surface area contributed by atoms with Gasteiger partial charge in [0.2, 0.25) is 0 Å². The van der Waals surface area contributed by atoms with Crippen LogP contribution in [0.15, 0.2) is 24.0 Å². The molecule has 0 N–H and O–H groups in total. The van der Waals surface area contributed by atoms with Crippen LogP contribution >= 0.6 is 0 Å². The van der Waals surface area contributed by atoms with Crippen LogP contribution in [0.2, 0.25) is 0 Å². The fraction of sp³-hybridized carbons (Fsp3) is 0.545. The van der Waals surface area contributed by atoms with E-state index in [1.807, 2.05) is 0 Å².